The second-order valence-corrected chi connectivity index (χ2v) is 7.57. The van der Waals surface area contributed by atoms with Gasteiger partial charge in [0.05, 0.1) is 19.0 Å². The van der Waals surface area contributed by atoms with E-state index in [0.717, 1.165) is 43.7 Å². The Kier molecular flexibility index (Phi) is 5.86. The maximum absolute atomic E-state index is 11.4. The first-order chi connectivity index (χ1) is 14.6. The molecule has 0 spiro atoms. The topological polar surface area (TPSA) is 101 Å². The number of likely N-dealkylation sites (N-methyl/N-ethyl adjacent to an activating group) is 1. The molecule has 0 bridgehead atoms. The monoisotopic (exact) mass is 410 g/mol. The Morgan fingerprint density at radius 1 is 1.23 bits per heavy atom. The third-order valence-corrected chi connectivity index (χ3v) is 5.40. The fraction of sp³-hybridized carbons (Fsp3) is 0.450. The van der Waals surface area contributed by atoms with E-state index in [1.165, 1.54) is 0 Å². The smallest absolute Gasteiger partial charge is 0.225 e. The highest BCUT2D eigenvalue weighted by molar-refractivity contribution is 5.72. The minimum Gasteiger partial charge on any atom is -0.497 e. The summed E-state index contributed by atoms with van der Waals surface area (Å²) in [5.74, 6) is 1.33. The number of aromatic nitrogens is 5. The molecule has 10 heteroatoms. The van der Waals surface area contributed by atoms with E-state index < -0.39 is 0 Å². The average molecular weight is 410 g/mol. The molecule has 1 aromatic carbocycles. The van der Waals surface area contributed by atoms with Gasteiger partial charge in [-0.25, -0.2) is 4.98 Å². The van der Waals surface area contributed by atoms with E-state index >= 15 is 0 Å². The number of nitrogens with one attached hydrogen (secondary N) is 1. The van der Waals surface area contributed by atoms with Gasteiger partial charge in [-0.15, -0.1) is 5.10 Å². The molecule has 2 aromatic heterocycles. The predicted octanol–water partition coefficient (Wildman–Crippen LogP) is 1.18. The quantitative estimate of drug-likeness (QED) is 0.575. The third kappa shape index (κ3) is 4.10. The van der Waals surface area contributed by atoms with E-state index in [4.69, 9.17) is 4.74 Å². The Hall–Kier alpha value is -3.11. The van der Waals surface area contributed by atoms with E-state index in [1.54, 1.807) is 18.0 Å². The highest BCUT2D eigenvalue weighted by Gasteiger charge is 2.26. The van der Waals surface area contributed by atoms with E-state index in [2.05, 4.69) is 30.5 Å². The second kappa shape index (κ2) is 8.72. The van der Waals surface area contributed by atoms with Crippen LogP contribution in [0.3, 0.4) is 0 Å². The van der Waals surface area contributed by atoms with Crippen molar-refractivity contribution in [3.8, 4) is 11.4 Å². The number of nitrogens with zero attached hydrogens (tertiary/aromatic N) is 7. The van der Waals surface area contributed by atoms with Crippen LogP contribution in [-0.4, -0.2) is 87.6 Å². The number of benzene rings is 1. The molecule has 1 aliphatic heterocycles. The fourth-order valence-electron chi connectivity index (χ4n) is 3.72. The summed E-state index contributed by atoms with van der Waals surface area (Å²) in [6, 6.07) is 7.81. The standard InChI is InChI=1S/C20H26N8O2/c1-26(2)18(13-29)27-10-8-14(9-11-27)22-20-21-12-17-19(23-20)28(25-24-17)15-4-6-16(30-3)7-5-15/h4-7,12-14,18H,8-11H2,1-3H3,(H,21,22,23). The molecule has 0 radical (unpaired) electrons. The van der Waals surface area contributed by atoms with Crippen LogP contribution in [0, 0.1) is 0 Å². The minimum atomic E-state index is -0.177. The first-order valence-corrected chi connectivity index (χ1v) is 9.94. The molecule has 1 N–H and O–H groups in total. The molecule has 30 heavy (non-hydrogen) atoms. The molecule has 1 fully saturated rings. The van der Waals surface area contributed by atoms with Crippen LogP contribution in [0.15, 0.2) is 30.5 Å². The lowest BCUT2D eigenvalue weighted by Gasteiger charge is -2.37. The van der Waals surface area contributed by atoms with Crippen LogP contribution in [0.2, 0.25) is 0 Å². The Balaban J connectivity index is 1.47. The molecule has 10 nitrogen and oxygen atoms in total. The molecule has 1 aliphatic rings. The lowest BCUT2D eigenvalue weighted by molar-refractivity contribution is -0.118. The van der Waals surface area contributed by atoms with Crippen molar-refractivity contribution in [1.82, 2.24) is 34.8 Å². The average Bonchev–Trinajstić information content (AvgIpc) is 3.18. The first-order valence-electron chi connectivity index (χ1n) is 9.94. The molecule has 0 amide bonds. The van der Waals surface area contributed by atoms with Crippen molar-refractivity contribution in [2.75, 3.05) is 39.6 Å². The van der Waals surface area contributed by atoms with Gasteiger partial charge in [0.2, 0.25) is 5.95 Å². The van der Waals surface area contributed by atoms with Gasteiger partial charge in [0.25, 0.3) is 0 Å². The number of carbonyl (C=O) groups is 1. The van der Waals surface area contributed by atoms with Crippen LogP contribution >= 0.6 is 0 Å². The zero-order valence-corrected chi connectivity index (χ0v) is 17.4. The molecule has 158 valence electrons. The zero-order chi connectivity index (χ0) is 21.1. The van der Waals surface area contributed by atoms with Gasteiger partial charge >= 0.3 is 0 Å². The number of aldehydes is 1. The zero-order valence-electron chi connectivity index (χ0n) is 17.4. The number of anilines is 1. The van der Waals surface area contributed by atoms with E-state index in [0.29, 0.717) is 17.1 Å². The van der Waals surface area contributed by atoms with Crippen molar-refractivity contribution in [2.45, 2.75) is 25.0 Å². The molecular formula is C20H26N8O2. The lowest BCUT2D eigenvalue weighted by Crippen LogP contribution is -2.51. The van der Waals surface area contributed by atoms with Gasteiger partial charge in [-0.3, -0.25) is 9.80 Å². The number of likely N-dealkylation sites (tertiary alicyclic amines) is 1. The summed E-state index contributed by atoms with van der Waals surface area (Å²) in [5, 5.41) is 11.8. The molecule has 4 rings (SSSR count). The number of hydrogen-bond acceptors (Lipinski definition) is 9. The summed E-state index contributed by atoms with van der Waals surface area (Å²) < 4.78 is 6.90. The number of methoxy groups -OCH3 is 1. The molecule has 0 aliphatic carbocycles. The van der Waals surface area contributed by atoms with Gasteiger partial charge in [0, 0.05) is 19.1 Å². The number of piperidine rings is 1. The summed E-state index contributed by atoms with van der Waals surface area (Å²) in [6.45, 7) is 1.68. The predicted molar refractivity (Wildman–Crippen MR) is 113 cm³/mol. The van der Waals surface area contributed by atoms with Gasteiger partial charge in [0.1, 0.15) is 11.9 Å². The summed E-state index contributed by atoms with van der Waals surface area (Å²) >= 11 is 0. The van der Waals surface area contributed by atoms with Gasteiger partial charge in [-0.05, 0) is 51.2 Å². The van der Waals surface area contributed by atoms with Gasteiger partial charge < -0.3 is 14.8 Å². The highest BCUT2D eigenvalue weighted by Crippen LogP contribution is 2.20. The van der Waals surface area contributed by atoms with Gasteiger partial charge in [0.15, 0.2) is 17.5 Å². The second-order valence-electron chi connectivity index (χ2n) is 7.57. The van der Waals surface area contributed by atoms with Crippen LogP contribution in [-0.2, 0) is 4.79 Å². The SMILES string of the molecule is COc1ccc(-n2nnc3cnc(NC4CCN(C(C=O)N(C)C)CC4)nc32)cc1. The molecule has 1 unspecified atom stereocenters. The normalized spacial score (nSPS) is 16.7. The lowest BCUT2D eigenvalue weighted by atomic mass is 10.0. The summed E-state index contributed by atoms with van der Waals surface area (Å²) in [7, 11) is 5.48. The number of rotatable bonds is 7. The Morgan fingerprint density at radius 3 is 2.60 bits per heavy atom. The maximum atomic E-state index is 11.4. The van der Waals surface area contributed by atoms with Crippen molar-refractivity contribution in [3.05, 3.63) is 30.5 Å². The first kappa shape index (κ1) is 20.2. The molecule has 0 saturated carbocycles. The Bertz CT molecular complexity index is 996. The summed E-state index contributed by atoms with van der Waals surface area (Å²) in [6.07, 6.45) is 4.33. The number of ether oxygens (including phenoxy) is 1. The highest BCUT2D eigenvalue weighted by atomic mass is 16.5. The van der Waals surface area contributed by atoms with Crippen molar-refractivity contribution in [3.63, 3.8) is 0 Å². The van der Waals surface area contributed by atoms with Crippen LogP contribution in [0.4, 0.5) is 5.95 Å². The fourth-order valence-corrected chi connectivity index (χ4v) is 3.72. The van der Waals surface area contributed by atoms with Crippen LogP contribution in [0.25, 0.3) is 16.9 Å². The summed E-state index contributed by atoms with van der Waals surface area (Å²) in [4.78, 5) is 24.5. The van der Waals surface area contributed by atoms with Crippen LogP contribution in [0.1, 0.15) is 12.8 Å². The largest absolute Gasteiger partial charge is 0.497 e. The maximum Gasteiger partial charge on any atom is 0.225 e. The van der Waals surface area contributed by atoms with Crippen molar-refractivity contribution in [1.29, 1.82) is 0 Å². The van der Waals surface area contributed by atoms with Gasteiger partial charge in [-0.1, -0.05) is 5.21 Å². The Labute approximate surface area is 174 Å². The molecule has 1 atom stereocenters. The number of hydrogen-bond donors (Lipinski definition) is 1. The molecule has 3 heterocycles. The minimum absolute atomic E-state index is 0.177. The van der Waals surface area contributed by atoms with E-state index in [-0.39, 0.29) is 12.2 Å². The number of fused-ring (bicyclic) bond motifs is 1. The van der Waals surface area contributed by atoms with Crippen LogP contribution in [0.5, 0.6) is 5.75 Å². The molecule has 1 saturated heterocycles. The van der Waals surface area contributed by atoms with Crippen molar-refractivity contribution in [2.24, 2.45) is 0 Å². The van der Waals surface area contributed by atoms with Crippen molar-refractivity contribution >= 4 is 23.4 Å². The third-order valence-electron chi connectivity index (χ3n) is 5.40. The molecular weight excluding hydrogens is 384 g/mol. The number of carbonyl (C=O) groups excluding carboxylic acids is 1. The summed E-state index contributed by atoms with van der Waals surface area (Å²) in [5.41, 5.74) is 2.12. The van der Waals surface area contributed by atoms with Crippen molar-refractivity contribution < 1.29 is 9.53 Å². The Morgan fingerprint density at radius 2 is 1.97 bits per heavy atom. The van der Waals surface area contributed by atoms with Gasteiger partial charge in [-0.2, -0.15) is 9.67 Å². The van der Waals surface area contributed by atoms with E-state index in [9.17, 15) is 4.79 Å². The molecule has 3 aromatic rings. The van der Waals surface area contributed by atoms with E-state index in [1.807, 2.05) is 43.3 Å². The van der Waals surface area contributed by atoms with Crippen LogP contribution < -0.4 is 10.1 Å².